The second-order valence-corrected chi connectivity index (χ2v) is 3.56. The summed E-state index contributed by atoms with van der Waals surface area (Å²) < 4.78 is 3.96. The molecule has 0 N–H and O–H groups in total. The predicted octanol–water partition coefficient (Wildman–Crippen LogP) is 1.84. The molecule has 5 heteroatoms. The van der Waals surface area contributed by atoms with Gasteiger partial charge in [-0.1, -0.05) is 0 Å². The predicted molar refractivity (Wildman–Crippen MR) is 56.5 cm³/mol. The topological polar surface area (TPSA) is 35.6 Å². The van der Waals surface area contributed by atoms with Gasteiger partial charge in [-0.25, -0.2) is 9.67 Å². The van der Waals surface area contributed by atoms with Crippen molar-refractivity contribution in [2.75, 3.05) is 0 Å². The van der Waals surface area contributed by atoms with Crippen LogP contribution >= 0.6 is 11.6 Å². The van der Waals surface area contributed by atoms with E-state index in [0.717, 1.165) is 29.2 Å². The first-order chi connectivity index (χ1) is 6.69. The molecule has 0 aromatic carbocycles. The number of hydrogen-bond donors (Lipinski definition) is 0. The van der Waals surface area contributed by atoms with Crippen LogP contribution in [0.25, 0.3) is 11.2 Å². The van der Waals surface area contributed by atoms with E-state index < -0.39 is 0 Å². The van der Waals surface area contributed by atoms with Crippen molar-refractivity contribution in [1.29, 1.82) is 0 Å². The van der Waals surface area contributed by atoms with Crippen LogP contribution in [0, 0.1) is 6.92 Å². The van der Waals surface area contributed by atoms with E-state index in [4.69, 9.17) is 11.6 Å². The number of alkyl halides is 1. The SMILES string of the molecule is CCn1nc(C)c2nc(CCl)n(C)c21. The van der Waals surface area contributed by atoms with Crippen LogP contribution in [0.4, 0.5) is 0 Å². The Balaban J connectivity index is 2.79. The molecular formula is C9H13ClN4. The van der Waals surface area contributed by atoms with Crippen molar-refractivity contribution >= 4 is 22.8 Å². The lowest BCUT2D eigenvalue weighted by atomic mass is 10.4. The van der Waals surface area contributed by atoms with E-state index in [1.165, 1.54) is 0 Å². The lowest BCUT2D eigenvalue weighted by Gasteiger charge is -2.01. The molecule has 14 heavy (non-hydrogen) atoms. The van der Waals surface area contributed by atoms with Gasteiger partial charge in [0.25, 0.3) is 0 Å². The number of rotatable bonds is 2. The number of hydrogen-bond acceptors (Lipinski definition) is 2. The molecular weight excluding hydrogens is 200 g/mol. The van der Waals surface area contributed by atoms with Gasteiger partial charge < -0.3 is 4.57 Å². The molecule has 0 aliphatic carbocycles. The first-order valence-electron chi connectivity index (χ1n) is 4.63. The first-order valence-corrected chi connectivity index (χ1v) is 5.17. The van der Waals surface area contributed by atoms with E-state index in [-0.39, 0.29) is 0 Å². The quantitative estimate of drug-likeness (QED) is 0.713. The van der Waals surface area contributed by atoms with Crippen LogP contribution in [0.3, 0.4) is 0 Å². The summed E-state index contributed by atoms with van der Waals surface area (Å²) in [6.45, 7) is 4.89. The molecule has 0 aliphatic heterocycles. The second-order valence-electron chi connectivity index (χ2n) is 3.29. The van der Waals surface area contributed by atoms with E-state index in [1.807, 2.05) is 23.2 Å². The average molecular weight is 213 g/mol. The molecule has 0 radical (unpaired) electrons. The van der Waals surface area contributed by atoms with Gasteiger partial charge in [-0.3, -0.25) is 0 Å². The highest BCUT2D eigenvalue weighted by Crippen LogP contribution is 2.19. The Morgan fingerprint density at radius 1 is 1.43 bits per heavy atom. The maximum Gasteiger partial charge on any atom is 0.158 e. The normalized spacial score (nSPS) is 11.4. The number of nitrogens with zero attached hydrogens (tertiary/aromatic N) is 4. The molecule has 0 bridgehead atoms. The number of halogens is 1. The van der Waals surface area contributed by atoms with Gasteiger partial charge in [-0.05, 0) is 13.8 Å². The molecule has 2 aromatic rings. The van der Waals surface area contributed by atoms with E-state index >= 15 is 0 Å². The van der Waals surface area contributed by atoms with Gasteiger partial charge in [0, 0.05) is 13.6 Å². The van der Waals surface area contributed by atoms with Crippen LogP contribution in [0.5, 0.6) is 0 Å². The Bertz CT molecular complexity index is 469. The smallest absolute Gasteiger partial charge is 0.158 e. The fourth-order valence-electron chi connectivity index (χ4n) is 1.69. The van der Waals surface area contributed by atoms with Crippen molar-refractivity contribution in [3.8, 4) is 0 Å². The zero-order valence-electron chi connectivity index (χ0n) is 8.58. The third kappa shape index (κ3) is 1.14. The largest absolute Gasteiger partial charge is 0.315 e. The van der Waals surface area contributed by atoms with Gasteiger partial charge in [0.15, 0.2) is 5.65 Å². The highest BCUT2D eigenvalue weighted by atomic mass is 35.5. The van der Waals surface area contributed by atoms with Gasteiger partial charge in [0.05, 0.1) is 11.6 Å². The van der Waals surface area contributed by atoms with Crippen LogP contribution in [0.1, 0.15) is 18.4 Å². The fourth-order valence-corrected chi connectivity index (χ4v) is 1.93. The van der Waals surface area contributed by atoms with Crippen LogP contribution in [-0.4, -0.2) is 19.3 Å². The molecule has 4 nitrogen and oxygen atoms in total. The molecule has 0 fully saturated rings. The second kappa shape index (κ2) is 3.28. The summed E-state index contributed by atoms with van der Waals surface area (Å²) in [6, 6.07) is 0. The zero-order chi connectivity index (χ0) is 10.3. The first kappa shape index (κ1) is 9.52. The van der Waals surface area contributed by atoms with Gasteiger partial charge in [-0.2, -0.15) is 5.10 Å². The Morgan fingerprint density at radius 2 is 2.14 bits per heavy atom. The summed E-state index contributed by atoms with van der Waals surface area (Å²) in [7, 11) is 1.97. The van der Waals surface area contributed by atoms with Crippen molar-refractivity contribution < 1.29 is 0 Å². The lowest BCUT2D eigenvalue weighted by Crippen LogP contribution is -2.03. The van der Waals surface area contributed by atoms with Crippen molar-refractivity contribution in [3.63, 3.8) is 0 Å². The summed E-state index contributed by atoms with van der Waals surface area (Å²) >= 11 is 5.80. The minimum Gasteiger partial charge on any atom is -0.315 e. The number of imidazole rings is 1. The van der Waals surface area contributed by atoms with Crippen molar-refractivity contribution in [2.45, 2.75) is 26.3 Å². The Hall–Kier alpha value is -1.03. The van der Waals surface area contributed by atoms with Crippen LogP contribution in [0.2, 0.25) is 0 Å². The number of aromatic nitrogens is 4. The third-order valence-corrected chi connectivity index (χ3v) is 2.67. The summed E-state index contributed by atoms with van der Waals surface area (Å²) in [5.41, 5.74) is 2.99. The Labute approximate surface area is 87.5 Å². The monoisotopic (exact) mass is 212 g/mol. The van der Waals surface area contributed by atoms with Crippen molar-refractivity contribution in [3.05, 3.63) is 11.5 Å². The summed E-state index contributed by atoms with van der Waals surface area (Å²) in [5, 5.41) is 4.39. The third-order valence-electron chi connectivity index (χ3n) is 2.43. The average Bonchev–Trinajstić information content (AvgIpc) is 2.66. The minimum atomic E-state index is 0.439. The highest BCUT2D eigenvalue weighted by Gasteiger charge is 2.14. The summed E-state index contributed by atoms with van der Waals surface area (Å²) in [4.78, 5) is 4.45. The molecule has 2 rings (SSSR count). The highest BCUT2D eigenvalue weighted by molar-refractivity contribution is 6.16. The summed E-state index contributed by atoms with van der Waals surface area (Å²) in [5.74, 6) is 1.33. The molecule has 0 aliphatic rings. The van der Waals surface area contributed by atoms with Gasteiger partial charge in [0.2, 0.25) is 0 Å². The molecule has 2 heterocycles. The van der Waals surface area contributed by atoms with E-state index in [1.54, 1.807) is 0 Å². The molecule has 0 saturated heterocycles. The molecule has 0 atom stereocenters. The number of aryl methyl sites for hydroxylation is 3. The van der Waals surface area contributed by atoms with Gasteiger partial charge in [0.1, 0.15) is 11.3 Å². The Morgan fingerprint density at radius 3 is 2.71 bits per heavy atom. The molecule has 76 valence electrons. The van der Waals surface area contributed by atoms with Crippen LogP contribution in [-0.2, 0) is 19.5 Å². The molecule has 0 spiro atoms. The van der Waals surface area contributed by atoms with Gasteiger partial charge >= 0.3 is 0 Å². The summed E-state index contributed by atoms with van der Waals surface area (Å²) in [6.07, 6.45) is 0. The van der Waals surface area contributed by atoms with E-state index in [0.29, 0.717) is 5.88 Å². The number of fused-ring (bicyclic) bond motifs is 1. The maximum atomic E-state index is 5.80. The molecule has 0 saturated carbocycles. The minimum absolute atomic E-state index is 0.439. The fraction of sp³-hybridized carbons (Fsp3) is 0.556. The molecule has 0 unspecified atom stereocenters. The molecule has 0 amide bonds. The van der Waals surface area contributed by atoms with E-state index in [2.05, 4.69) is 17.0 Å². The lowest BCUT2D eigenvalue weighted by molar-refractivity contribution is 0.651. The van der Waals surface area contributed by atoms with Crippen LogP contribution in [0.15, 0.2) is 0 Å². The standard InChI is InChI=1S/C9H13ClN4/c1-4-14-9-8(6(2)12-14)11-7(5-10)13(9)3/h4-5H2,1-3H3. The van der Waals surface area contributed by atoms with Crippen molar-refractivity contribution in [1.82, 2.24) is 19.3 Å². The zero-order valence-corrected chi connectivity index (χ0v) is 9.34. The van der Waals surface area contributed by atoms with Gasteiger partial charge in [-0.15, -0.1) is 11.6 Å². The van der Waals surface area contributed by atoms with Crippen molar-refractivity contribution in [2.24, 2.45) is 7.05 Å². The van der Waals surface area contributed by atoms with Crippen LogP contribution < -0.4 is 0 Å². The van der Waals surface area contributed by atoms with E-state index in [9.17, 15) is 0 Å². The maximum absolute atomic E-state index is 5.80. The molecule has 2 aromatic heterocycles. The Kier molecular flexibility index (Phi) is 2.23.